The minimum absolute atomic E-state index is 0.260. The average molecular weight is 308 g/mol. The van der Waals surface area contributed by atoms with Crippen molar-refractivity contribution >= 4 is 15.7 Å². The molecule has 2 aromatic rings. The van der Waals surface area contributed by atoms with Crippen LogP contribution in [-0.4, -0.2) is 30.8 Å². The van der Waals surface area contributed by atoms with Gasteiger partial charge < -0.3 is 5.32 Å². The Kier molecular flexibility index (Phi) is 4.98. The molecule has 0 aliphatic rings. The molecule has 1 aromatic carbocycles. The van der Waals surface area contributed by atoms with Crippen molar-refractivity contribution in [3.8, 4) is 0 Å². The molecule has 0 aliphatic carbocycles. The number of nitrogens with one attached hydrogen (secondary N) is 2. The highest BCUT2D eigenvalue weighted by molar-refractivity contribution is 7.89. The summed E-state index contributed by atoms with van der Waals surface area (Å²) < 4.78 is 29.4. The maximum Gasteiger partial charge on any atom is 0.242 e. The molecule has 0 bridgehead atoms. The zero-order valence-electron chi connectivity index (χ0n) is 12.2. The van der Waals surface area contributed by atoms with Crippen LogP contribution in [0.1, 0.15) is 13.8 Å². The van der Waals surface area contributed by atoms with Crippen LogP contribution in [0.4, 0.5) is 5.69 Å². The SMILES string of the molecule is CCNc1ccccc1S(=O)(=O)NC(C)Cn1cccn1. The van der Waals surface area contributed by atoms with Crippen molar-refractivity contribution < 1.29 is 8.42 Å². The van der Waals surface area contributed by atoms with Crippen molar-refractivity contribution in [2.45, 2.75) is 31.3 Å². The van der Waals surface area contributed by atoms with Crippen molar-refractivity contribution in [3.63, 3.8) is 0 Å². The van der Waals surface area contributed by atoms with Crippen LogP contribution in [0.5, 0.6) is 0 Å². The third-order valence-electron chi connectivity index (χ3n) is 2.92. The van der Waals surface area contributed by atoms with Gasteiger partial charge in [0, 0.05) is 25.0 Å². The molecule has 0 saturated carbocycles. The fourth-order valence-corrected chi connectivity index (χ4v) is 3.51. The van der Waals surface area contributed by atoms with Gasteiger partial charge in [-0.15, -0.1) is 0 Å². The molecule has 1 heterocycles. The molecule has 1 atom stereocenters. The first-order chi connectivity index (χ1) is 10.0. The molecule has 0 spiro atoms. The quantitative estimate of drug-likeness (QED) is 0.816. The van der Waals surface area contributed by atoms with Gasteiger partial charge in [0.2, 0.25) is 10.0 Å². The van der Waals surface area contributed by atoms with E-state index in [-0.39, 0.29) is 10.9 Å². The number of nitrogens with zero attached hydrogens (tertiary/aromatic N) is 2. The van der Waals surface area contributed by atoms with Gasteiger partial charge in [0.25, 0.3) is 0 Å². The Morgan fingerprint density at radius 2 is 2.05 bits per heavy atom. The third-order valence-corrected chi connectivity index (χ3v) is 4.57. The number of para-hydroxylation sites is 1. The van der Waals surface area contributed by atoms with Gasteiger partial charge in [-0.1, -0.05) is 12.1 Å². The van der Waals surface area contributed by atoms with E-state index in [1.165, 1.54) is 0 Å². The topological polar surface area (TPSA) is 76.0 Å². The third kappa shape index (κ3) is 4.05. The van der Waals surface area contributed by atoms with E-state index in [9.17, 15) is 8.42 Å². The van der Waals surface area contributed by atoms with E-state index in [4.69, 9.17) is 0 Å². The minimum atomic E-state index is -3.57. The molecular formula is C14H20N4O2S. The van der Waals surface area contributed by atoms with Crippen LogP contribution in [0.25, 0.3) is 0 Å². The van der Waals surface area contributed by atoms with Crippen molar-refractivity contribution in [1.29, 1.82) is 0 Å². The number of hydrogen-bond acceptors (Lipinski definition) is 4. The summed E-state index contributed by atoms with van der Waals surface area (Å²) in [5.41, 5.74) is 0.610. The molecule has 0 radical (unpaired) electrons. The Labute approximate surface area is 125 Å². The van der Waals surface area contributed by atoms with Gasteiger partial charge in [-0.05, 0) is 32.0 Å². The van der Waals surface area contributed by atoms with Crippen molar-refractivity contribution in [3.05, 3.63) is 42.7 Å². The summed E-state index contributed by atoms with van der Waals surface area (Å²) in [5, 5.41) is 7.14. The Balaban J connectivity index is 2.14. The summed E-state index contributed by atoms with van der Waals surface area (Å²) in [4.78, 5) is 0.263. The molecule has 2 rings (SSSR count). The molecule has 1 unspecified atom stereocenters. The summed E-state index contributed by atoms with van der Waals surface area (Å²) in [6.07, 6.45) is 3.47. The molecule has 0 fully saturated rings. The standard InChI is InChI=1S/C14H20N4O2S/c1-3-15-13-7-4-5-8-14(13)21(19,20)17-12(2)11-18-10-6-9-16-18/h4-10,12,15,17H,3,11H2,1-2H3. The highest BCUT2D eigenvalue weighted by atomic mass is 32.2. The first-order valence-corrected chi connectivity index (χ1v) is 8.34. The smallest absolute Gasteiger partial charge is 0.242 e. The van der Waals surface area contributed by atoms with E-state index >= 15 is 0 Å². The van der Waals surface area contributed by atoms with Crippen molar-refractivity contribution in [1.82, 2.24) is 14.5 Å². The maximum atomic E-state index is 12.5. The maximum absolute atomic E-state index is 12.5. The van der Waals surface area contributed by atoms with E-state index < -0.39 is 10.0 Å². The first kappa shape index (κ1) is 15.5. The van der Waals surface area contributed by atoms with Gasteiger partial charge in [-0.3, -0.25) is 4.68 Å². The van der Waals surface area contributed by atoms with E-state index in [0.717, 1.165) is 0 Å². The van der Waals surface area contributed by atoms with Gasteiger partial charge in [0.05, 0.1) is 12.2 Å². The number of hydrogen-bond donors (Lipinski definition) is 2. The minimum Gasteiger partial charge on any atom is -0.384 e. The average Bonchev–Trinajstić information content (AvgIpc) is 2.91. The molecule has 21 heavy (non-hydrogen) atoms. The monoisotopic (exact) mass is 308 g/mol. The molecule has 2 N–H and O–H groups in total. The van der Waals surface area contributed by atoms with Crippen molar-refractivity contribution in [2.24, 2.45) is 0 Å². The molecule has 114 valence electrons. The molecule has 0 aliphatic heterocycles. The second-order valence-corrected chi connectivity index (χ2v) is 6.46. The van der Waals surface area contributed by atoms with Crippen LogP contribution < -0.4 is 10.0 Å². The molecule has 0 saturated heterocycles. The number of aromatic nitrogens is 2. The van der Waals surface area contributed by atoms with Gasteiger partial charge >= 0.3 is 0 Å². The summed E-state index contributed by atoms with van der Waals surface area (Å²) in [5.74, 6) is 0. The Hall–Kier alpha value is -1.86. The molecule has 6 nitrogen and oxygen atoms in total. The number of rotatable bonds is 7. The Morgan fingerprint density at radius 1 is 1.29 bits per heavy atom. The van der Waals surface area contributed by atoms with E-state index in [0.29, 0.717) is 18.8 Å². The summed E-state index contributed by atoms with van der Waals surface area (Å²) in [6, 6.07) is 8.43. The molecule has 1 aromatic heterocycles. The van der Waals surface area contributed by atoms with Gasteiger partial charge in [-0.2, -0.15) is 5.10 Å². The summed E-state index contributed by atoms with van der Waals surface area (Å²) in [7, 11) is -3.57. The van der Waals surface area contributed by atoms with Crippen LogP contribution in [-0.2, 0) is 16.6 Å². The molecule has 7 heteroatoms. The lowest BCUT2D eigenvalue weighted by Gasteiger charge is -2.16. The fraction of sp³-hybridized carbons (Fsp3) is 0.357. The predicted octanol–water partition coefficient (Wildman–Crippen LogP) is 1.68. The number of anilines is 1. The highest BCUT2D eigenvalue weighted by Gasteiger charge is 2.20. The lowest BCUT2D eigenvalue weighted by atomic mass is 10.3. The zero-order chi connectivity index (χ0) is 15.3. The van der Waals surface area contributed by atoms with Crippen LogP contribution >= 0.6 is 0 Å². The lowest BCUT2D eigenvalue weighted by molar-refractivity contribution is 0.494. The largest absolute Gasteiger partial charge is 0.384 e. The van der Waals surface area contributed by atoms with Crippen LogP contribution in [0.3, 0.4) is 0 Å². The second kappa shape index (κ2) is 6.73. The number of benzene rings is 1. The summed E-state index contributed by atoms with van der Waals surface area (Å²) >= 11 is 0. The predicted molar refractivity (Wildman–Crippen MR) is 82.6 cm³/mol. The highest BCUT2D eigenvalue weighted by Crippen LogP contribution is 2.20. The van der Waals surface area contributed by atoms with E-state index in [1.54, 1.807) is 35.3 Å². The molecule has 0 amide bonds. The number of sulfonamides is 1. The second-order valence-electron chi connectivity index (χ2n) is 4.78. The van der Waals surface area contributed by atoms with Gasteiger partial charge in [-0.25, -0.2) is 13.1 Å². The van der Waals surface area contributed by atoms with E-state index in [2.05, 4.69) is 15.1 Å². The normalized spacial score (nSPS) is 13.0. The van der Waals surface area contributed by atoms with Gasteiger partial charge in [0.15, 0.2) is 0 Å². The summed E-state index contributed by atoms with van der Waals surface area (Å²) in [6.45, 7) is 4.89. The van der Waals surface area contributed by atoms with Gasteiger partial charge in [0.1, 0.15) is 4.90 Å². The lowest BCUT2D eigenvalue weighted by Crippen LogP contribution is -2.36. The van der Waals surface area contributed by atoms with Crippen LogP contribution in [0, 0.1) is 0 Å². The fourth-order valence-electron chi connectivity index (χ4n) is 2.09. The Morgan fingerprint density at radius 3 is 2.71 bits per heavy atom. The van der Waals surface area contributed by atoms with Crippen LogP contribution in [0.2, 0.25) is 0 Å². The van der Waals surface area contributed by atoms with Crippen molar-refractivity contribution in [2.75, 3.05) is 11.9 Å². The molecular weight excluding hydrogens is 288 g/mol. The first-order valence-electron chi connectivity index (χ1n) is 6.85. The van der Waals surface area contributed by atoms with E-state index in [1.807, 2.05) is 26.0 Å². The Bertz CT molecular complexity index is 668. The van der Waals surface area contributed by atoms with Crippen LogP contribution in [0.15, 0.2) is 47.6 Å². The zero-order valence-corrected chi connectivity index (χ0v) is 13.0.